The van der Waals surface area contributed by atoms with E-state index in [0.717, 1.165) is 11.1 Å². The topological polar surface area (TPSA) is 35.5 Å². The second kappa shape index (κ2) is 5.82. The quantitative estimate of drug-likeness (QED) is 0.578. The largest absolute Gasteiger partial charge is 0.509 e. The number of terminal acetylenes is 1. The van der Waals surface area contributed by atoms with E-state index in [2.05, 4.69) is 10.7 Å². The zero-order valence-corrected chi connectivity index (χ0v) is 9.40. The lowest BCUT2D eigenvalue weighted by molar-refractivity contribution is 0.0427. The van der Waals surface area contributed by atoms with Gasteiger partial charge in [0.2, 0.25) is 0 Å². The first-order valence-electron chi connectivity index (χ1n) is 5.03. The molecule has 0 amide bonds. The summed E-state index contributed by atoms with van der Waals surface area (Å²) >= 11 is 0. The molecule has 16 heavy (non-hydrogen) atoms. The minimum atomic E-state index is -0.744. The molecule has 1 aromatic carbocycles. The zero-order valence-electron chi connectivity index (χ0n) is 9.40. The maximum absolute atomic E-state index is 11.1. The van der Waals surface area contributed by atoms with Gasteiger partial charge in [0.15, 0.2) is 6.10 Å². The minimum absolute atomic E-state index is 0.268. The van der Waals surface area contributed by atoms with Gasteiger partial charge in [-0.2, -0.15) is 0 Å². The van der Waals surface area contributed by atoms with Crippen LogP contribution >= 0.6 is 0 Å². The fourth-order valence-electron chi connectivity index (χ4n) is 1.19. The van der Waals surface area contributed by atoms with Crippen LogP contribution in [-0.4, -0.2) is 12.8 Å². The van der Waals surface area contributed by atoms with E-state index in [0.29, 0.717) is 0 Å². The molecule has 0 aromatic heterocycles. The Balaban J connectivity index is 2.72. The molecule has 1 atom stereocenters. The standard InChI is InChI=1S/C13H14O3/c1-4-12(16-13(14)15-5-2)11-8-6-10(3)7-9-11/h1,6-9,12H,5H2,2-3H3. The smallest absolute Gasteiger partial charge is 0.435 e. The average molecular weight is 218 g/mol. The number of carbonyl (C=O) groups excluding carboxylic acids is 1. The van der Waals surface area contributed by atoms with Crippen LogP contribution in [-0.2, 0) is 9.47 Å². The fourth-order valence-corrected chi connectivity index (χ4v) is 1.19. The first-order chi connectivity index (χ1) is 7.67. The van der Waals surface area contributed by atoms with Crippen molar-refractivity contribution in [2.45, 2.75) is 20.0 Å². The van der Waals surface area contributed by atoms with E-state index in [1.165, 1.54) is 0 Å². The van der Waals surface area contributed by atoms with E-state index < -0.39 is 12.3 Å². The van der Waals surface area contributed by atoms with Crippen molar-refractivity contribution >= 4 is 6.16 Å². The van der Waals surface area contributed by atoms with Crippen molar-refractivity contribution < 1.29 is 14.3 Å². The van der Waals surface area contributed by atoms with E-state index in [1.54, 1.807) is 6.92 Å². The molecule has 84 valence electrons. The van der Waals surface area contributed by atoms with Crippen LogP contribution < -0.4 is 0 Å². The Morgan fingerprint density at radius 2 is 2.06 bits per heavy atom. The van der Waals surface area contributed by atoms with Gasteiger partial charge in [-0.1, -0.05) is 35.7 Å². The lowest BCUT2D eigenvalue weighted by Crippen LogP contribution is -2.11. The lowest BCUT2D eigenvalue weighted by Gasteiger charge is -2.12. The Morgan fingerprint density at radius 1 is 1.44 bits per heavy atom. The summed E-state index contributed by atoms with van der Waals surface area (Å²) in [5, 5.41) is 0. The summed E-state index contributed by atoms with van der Waals surface area (Å²) in [6.07, 6.45) is 3.87. The Bertz CT molecular complexity index is 387. The number of aryl methyl sites for hydroxylation is 1. The van der Waals surface area contributed by atoms with Gasteiger partial charge >= 0.3 is 6.16 Å². The van der Waals surface area contributed by atoms with Crippen molar-refractivity contribution in [1.82, 2.24) is 0 Å². The molecule has 3 heteroatoms. The van der Waals surface area contributed by atoms with Crippen molar-refractivity contribution in [3.8, 4) is 12.3 Å². The molecule has 0 aliphatic rings. The molecule has 1 aromatic rings. The Hall–Kier alpha value is -1.95. The van der Waals surface area contributed by atoms with E-state index in [9.17, 15) is 4.79 Å². The predicted octanol–water partition coefficient (Wildman–Crippen LogP) is 2.84. The summed E-state index contributed by atoms with van der Waals surface area (Å²) in [6.45, 7) is 3.95. The number of rotatable bonds is 3. The Morgan fingerprint density at radius 3 is 2.56 bits per heavy atom. The maximum Gasteiger partial charge on any atom is 0.509 e. The molecular formula is C13H14O3. The van der Waals surface area contributed by atoms with E-state index in [4.69, 9.17) is 11.2 Å². The summed E-state index contributed by atoms with van der Waals surface area (Å²) in [5.41, 5.74) is 1.89. The van der Waals surface area contributed by atoms with Crippen LogP contribution in [0.3, 0.4) is 0 Å². The summed E-state index contributed by atoms with van der Waals surface area (Å²) in [6, 6.07) is 7.49. The van der Waals surface area contributed by atoms with E-state index >= 15 is 0 Å². The molecule has 0 aliphatic carbocycles. The monoisotopic (exact) mass is 218 g/mol. The van der Waals surface area contributed by atoms with Crippen molar-refractivity contribution in [2.24, 2.45) is 0 Å². The summed E-state index contributed by atoms with van der Waals surface area (Å²) < 4.78 is 9.63. The van der Waals surface area contributed by atoms with Crippen LogP contribution in [0.25, 0.3) is 0 Å². The highest BCUT2D eigenvalue weighted by Crippen LogP contribution is 2.17. The predicted molar refractivity (Wildman–Crippen MR) is 60.9 cm³/mol. The average Bonchev–Trinajstić information content (AvgIpc) is 2.27. The molecule has 0 bridgehead atoms. The number of ether oxygens (including phenoxy) is 2. The highest BCUT2D eigenvalue weighted by atomic mass is 16.7. The van der Waals surface area contributed by atoms with Gasteiger partial charge in [-0.05, 0) is 13.8 Å². The molecule has 0 fully saturated rings. The highest BCUT2D eigenvalue weighted by molar-refractivity contribution is 5.60. The van der Waals surface area contributed by atoms with Crippen molar-refractivity contribution in [1.29, 1.82) is 0 Å². The molecule has 0 spiro atoms. The Labute approximate surface area is 95.4 Å². The third kappa shape index (κ3) is 3.32. The van der Waals surface area contributed by atoms with Crippen molar-refractivity contribution in [3.05, 3.63) is 35.4 Å². The second-order valence-corrected chi connectivity index (χ2v) is 3.26. The fraction of sp³-hybridized carbons (Fsp3) is 0.308. The molecular weight excluding hydrogens is 204 g/mol. The van der Waals surface area contributed by atoms with Crippen LogP contribution in [0.2, 0.25) is 0 Å². The first-order valence-corrected chi connectivity index (χ1v) is 5.03. The van der Waals surface area contributed by atoms with Gasteiger partial charge in [0.05, 0.1) is 6.61 Å². The van der Waals surface area contributed by atoms with Gasteiger partial charge in [0, 0.05) is 5.56 Å². The first kappa shape index (κ1) is 12.1. The molecule has 0 heterocycles. The number of benzene rings is 1. The minimum Gasteiger partial charge on any atom is -0.435 e. The van der Waals surface area contributed by atoms with Crippen LogP contribution in [0.4, 0.5) is 4.79 Å². The Kier molecular flexibility index (Phi) is 4.41. The molecule has 0 radical (unpaired) electrons. The molecule has 0 aliphatic heterocycles. The third-order valence-corrected chi connectivity index (χ3v) is 2.01. The van der Waals surface area contributed by atoms with Crippen LogP contribution in [0.5, 0.6) is 0 Å². The van der Waals surface area contributed by atoms with E-state index in [1.807, 2.05) is 31.2 Å². The molecule has 0 N–H and O–H groups in total. The van der Waals surface area contributed by atoms with Gasteiger partial charge in [-0.15, -0.1) is 6.42 Å². The molecule has 3 nitrogen and oxygen atoms in total. The normalized spacial score (nSPS) is 11.3. The van der Waals surface area contributed by atoms with Crippen molar-refractivity contribution in [2.75, 3.05) is 6.61 Å². The molecule has 0 saturated carbocycles. The van der Waals surface area contributed by atoms with Gasteiger partial charge in [-0.25, -0.2) is 4.79 Å². The third-order valence-electron chi connectivity index (χ3n) is 2.01. The summed E-state index contributed by atoms with van der Waals surface area (Å²) in [4.78, 5) is 11.1. The van der Waals surface area contributed by atoms with Gasteiger partial charge in [0.25, 0.3) is 0 Å². The SMILES string of the molecule is C#CC(OC(=O)OCC)c1ccc(C)cc1. The second-order valence-electron chi connectivity index (χ2n) is 3.26. The number of hydrogen-bond acceptors (Lipinski definition) is 3. The molecule has 1 rings (SSSR count). The van der Waals surface area contributed by atoms with Gasteiger partial charge in [0.1, 0.15) is 0 Å². The lowest BCUT2D eigenvalue weighted by atomic mass is 10.1. The maximum atomic E-state index is 11.1. The van der Waals surface area contributed by atoms with Crippen molar-refractivity contribution in [3.63, 3.8) is 0 Å². The molecule has 1 unspecified atom stereocenters. The number of hydrogen-bond donors (Lipinski definition) is 0. The van der Waals surface area contributed by atoms with Gasteiger partial charge < -0.3 is 9.47 Å². The van der Waals surface area contributed by atoms with Crippen LogP contribution in [0.15, 0.2) is 24.3 Å². The van der Waals surface area contributed by atoms with Gasteiger partial charge in [-0.3, -0.25) is 0 Å². The molecule has 0 saturated heterocycles. The summed E-state index contributed by atoms with van der Waals surface area (Å²) in [5.74, 6) is 2.40. The van der Waals surface area contributed by atoms with Crippen LogP contribution in [0.1, 0.15) is 24.2 Å². The highest BCUT2D eigenvalue weighted by Gasteiger charge is 2.14. The summed E-state index contributed by atoms with van der Waals surface area (Å²) in [7, 11) is 0. The van der Waals surface area contributed by atoms with Crippen LogP contribution in [0, 0.1) is 19.3 Å². The zero-order chi connectivity index (χ0) is 12.0. The number of carbonyl (C=O) groups is 1. The van der Waals surface area contributed by atoms with E-state index in [-0.39, 0.29) is 6.61 Å².